The van der Waals surface area contributed by atoms with E-state index < -0.39 is 6.10 Å². The topological polar surface area (TPSA) is 51.2 Å². The Morgan fingerprint density at radius 2 is 1.53 bits per heavy atom. The second-order valence-corrected chi connectivity index (χ2v) is 12.8. The molecular formula is C32H52N2O2S2. The molecule has 1 atom stereocenters. The van der Waals surface area contributed by atoms with Crippen molar-refractivity contribution in [1.29, 1.82) is 0 Å². The Labute approximate surface area is 241 Å². The van der Waals surface area contributed by atoms with E-state index >= 15 is 0 Å². The van der Waals surface area contributed by atoms with E-state index in [1.807, 2.05) is 25.3 Å². The summed E-state index contributed by atoms with van der Waals surface area (Å²) in [7, 11) is 0. The molecule has 1 N–H and O–H groups in total. The molecule has 0 fully saturated rings. The number of nitrogens with one attached hydrogen (secondary N) is 1. The Morgan fingerprint density at radius 1 is 0.895 bits per heavy atom. The number of amides is 1. The van der Waals surface area contributed by atoms with Gasteiger partial charge in [0.2, 0.25) is 0 Å². The molecule has 1 unspecified atom stereocenters. The zero-order valence-corrected chi connectivity index (χ0v) is 25.9. The molecule has 1 heterocycles. The summed E-state index contributed by atoms with van der Waals surface area (Å²) in [5.74, 6) is 1.73. The second kappa shape index (κ2) is 21.3. The first-order valence-corrected chi connectivity index (χ1v) is 17.1. The van der Waals surface area contributed by atoms with Crippen LogP contribution in [-0.2, 0) is 11.2 Å². The highest BCUT2D eigenvalue weighted by molar-refractivity contribution is 8.01. The third kappa shape index (κ3) is 14.6. The monoisotopic (exact) mass is 560 g/mol. The molecular weight excluding hydrogens is 508 g/mol. The number of aryl methyl sites for hydroxylation is 1. The number of carbonyl (C=O) groups is 1. The third-order valence-electron chi connectivity index (χ3n) is 6.87. The number of rotatable bonds is 23. The van der Waals surface area contributed by atoms with Crippen LogP contribution < -0.4 is 10.1 Å². The van der Waals surface area contributed by atoms with Crippen LogP contribution in [0.4, 0.5) is 5.13 Å². The van der Waals surface area contributed by atoms with E-state index in [9.17, 15) is 4.79 Å². The van der Waals surface area contributed by atoms with Crippen LogP contribution in [0.3, 0.4) is 0 Å². The summed E-state index contributed by atoms with van der Waals surface area (Å²) in [6, 6.07) is 8.26. The number of benzene rings is 1. The van der Waals surface area contributed by atoms with E-state index in [0.29, 0.717) is 11.6 Å². The molecule has 0 spiro atoms. The number of aromatic nitrogens is 1. The summed E-state index contributed by atoms with van der Waals surface area (Å²) in [6.45, 7) is 6.46. The van der Waals surface area contributed by atoms with Gasteiger partial charge >= 0.3 is 0 Å². The molecule has 1 amide bonds. The van der Waals surface area contributed by atoms with Crippen LogP contribution in [0.15, 0.2) is 34.7 Å². The largest absolute Gasteiger partial charge is 0.481 e. The summed E-state index contributed by atoms with van der Waals surface area (Å²) in [5.41, 5.74) is 1.29. The number of hydrogen-bond donors (Lipinski definition) is 1. The standard InChI is InChI=1S/C32H52N2O2S2/c1-4-7-9-10-11-12-13-14-15-16-17-18-19-21-27-22-20-23-28(25-27)36-29(6-3)31(35)34-32-33-26-30(38-32)37-24-8-5-2/h20,22-23,25-26,29H,4-19,21,24H2,1-3H3,(H,33,34,35). The minimum absolute atomic E-state index is 0.131. The van der Waals surface area contributed by atoms with Crippen molar-refractivity contribution in [3.63, 3.8) is 0 Å². The predicted molar refractivity (Wildman–Crippen MR) is 167 cm³/mol. The number of hydrogen-bond acceptors (Lipinski definition) is 5. The molecule has 2 aromatic rings. The Hall–Kier alpha value is -1.53. The number of thiazole rings is 1. The lowest BCUT2D eigenvalue weighted by atomic mass is 10.0. The van der Waals surface area contributed by atoms with Crippen molar-refractivity contribution in [3.8, 4) is 5.75 Å². The van der Waals surface area contributed by atoms with Gasteiger partial charge in [0, 0.05) is 0 Å². The normalized spacial score (nSPS) is 12.0. The van der Waals surface area contributed by atoms with Crippen LogP contribution in [0.1, 0.15) is 129 Å². The average Bonchev–Trinajstić information content (AvgIpc) is 3.37. The van der Waals surface area contributed by atoms with Gasteiger partial charge in [0.05, 0.1) is 10.4 Å². The van der Waals surface area contributed by atoms with Crippen molar-refractivity contribution < 1.29 is 9.53 Å². The van der Waals surface area contributed by atoms with Crippen LogP contribution in [0, 0.1) is 0 Å². The molecule has 0 aliphatic carbocycles. The van der Waals surface area contributed by atoms with E-state index in [4.69, 9.17) is 4.74 Å². The fourth-order valence-electron chi connectivity index (χ4n) is 4.49. The van der Waals surface area contributed by atoms with Crippen molar-refractivity contribution in [2.24, 2.45) is 0 Å². The van der Waals surface area contributed by atoms with Crippen LogP contribution in [-0.4, -0.2) is 22.7 Å². The Morgan fingerprint density at radius 3 is 2.16 bits per heavy atom. The van der Waals surface area contributed by atoms with E-state index in [1.165, 1.54) is 113 Å². The van der Waals surface area contributed by atoms with Gasteiger partial charge in [-0.1, -0.05) is 128 Å². The lowest BCUT2D eigenvalue weighted by molar-refractivity contribution is -0.122. The predicted octanol–water partition coefficient (Wildman–Crippen LogP) is 10.5. The number of thioether (sulfide) groups is 1. The van der Waals surface area contributed by atoms with Crippen LogP contribution >= 0.6 is 23.1 Å². The smallest absolute Gasteiger partial charge is 0.267 e. The summed E-state index contributed by atoms with van der Waals surface area (Å²) in [4.78, 5) is 17.2. The minimum atomic E-state index is -0.526. The average molecular weight is 561 g/mol. The van der Waals surface area contributed by atoms with Gasteiger partial charge in [-0.05, 0) is 49.1 Å². The summed E-state index contributed by atoms with van der Waals surface area (Å²) < 4.78 is 7.25. The van der Waals surface area contributed by atoms with Gasteiger partial charge in [-0.2, -0.15) is 0 Å². The van der Waals surface area contributed by atoms with Crippen LogP contribution in [0.25, 0.3) is 0 Å². The second-order valence-electron chi connectivity index (χ2n) is 10.3. The fourth-order valence-corrected chi connectivity index (χ4v) is 6.53. The Balaban J connectivity index is 1.62. The molecule has 0 bridgehead atoms. The summed E-state index contributed by atoms with van der Waals surface area (Å²) in [6.07, 6.45) is 23.2. The number of nitrogens with zero attached hydrogens (tertiary/aromatic N) is 1. The zero-order valence-electron chi connectivity index (χ0n) is 24.3. The van der Waals surface area contributed by atoms with Gasteiger partial charge in [0.15, 0.2) is 11.2 Å². The maximum atomic E-state index is 12.8. The van der Waals surface area contributed by atoms with Crippen molar-refractivity contribution in [1.82, 2.24) is 4.98 Å². The lowest BCUT2D eigenvalue weighted by Gasteiger charge is -2.17. The van der Waals surface area contributed by atoms with E-state index in [-0.39, 0.29) is 5.91 Å². The molecule has 2 rings (SSSR count). The molecule has 1 aromatic carbocycles. The third-order valence-corrected chi connectivity index (χ3v) is 9.06. The first-order valence-electron chi connectivity index (χ1n) is 15.3. The number of carbonyl (C=O) groups excluding carboxylic acids is 1. The SMILES string of the molecule is CCCCCCCCCCCCCCCc1cccc(OC(CC)C(=O)Nc2ncc(SCCCC)s2)c1. The lowest BCUT2D eigenvalue weighted by Crippen LogP contribution is -2.32. The van der Waals surface area contributed by atoms with E-state index in [0.717, 1.165) is 22.1 Å². The number of anilines is 1. The Kier molecular flexibility index (Phi) is 18.3. The minimum Gasteiger partial charge on any atom is -0.481 e. The van der Waals surface area contributed by atoms with Gasteiger partial charge in [0.1, 0.15) is 5.75 Å². The molecule has 0 radical (unpaired) electrons. The van der Waals surface area contributed by atoms with E-state index in [1.54, 1.807) is 11.8 Å². The first kappa shape index (κ1) is 32.7. The summed E-state index contributed by atoms with van der Waals surface area (Å²) >= 11 is 3.34. The molecule has 0 saturated carbocycles. The molecule has 38 heavy (non-hydrogen) atoms. The van der Waals surface area contributed by atoms with Crippen molar-refractivity contribution in [2.75, 3.05) is 11.1 Å². The molecule has 214 valence electrons. The molecule has 0 aliphatic rings. The zero-order chi connectivity index (χ0) is 27.3. The summed E-state index contributed by atoms with van der Waals surface area (Å²) in [5, 5.41) is 3.59. The van der Waals surface area contributed by atoms with Gasteiger partial charge < -0.3 is 4.74 Å². The highest BCUT2D eigenvalue weighted by Crippen LogP contribution is 2.29. The number of unbranched alkanes of at least 4 members (excludes halogenated alkanes) is 13. The molecule has 0 aliphatic heterocycles. The van der Waals surface area contributed by atoms with E-state index in [2.05, 4.69) is 36.3 Å². The molecule has 1 aromatic heterocycles. The maximum absolute atomic E-state index is 12.8. The first-order chi connectivity index (χ1) is 18.7. The maximum Gasteiger partial charge on any atom is 0.267 e. The number of ether oxygens (including phenoxy) is 1. The van der Waals surface area contributed by atoms with Crippen molar-refractivity contribution in [3.05, 3.63) is 36.0 Å². The molecule has 0 saturated heterocycles. The highest BCUT2D eigenvalue weighted by Gasteiger charge is 2.20. The van der Waals surface area contributed by atoms with Gasteiger partial charge in [0.25, 0.3) is 5.91 Å². The quantitative estimate of drug-likeness (QED) is 0.108. The van der Waals surface area contributed by atoms with Gasteiger partial charge in [-0.15, -0.1) is 11.8 Å². The van der Waals surface area contributed by atoms with Crippen molar-refractivity contribution >= 4 is 34.1 Å². The fraction of sp³-hybridized carbons (Fsp3) is 0.688. The molecule has 4 nitrogen and oxygen atoms in total. The van der Waals surface area contributed by atoms with Crippen LogP contribution in [0.5, 0.6) is 5.75 Å². The molecule has 6 heteroatoms. The Bertz CT molecular complexity index is 871. The van der Waals surface area contributed by atoms with Gasteiger partial charge in [-0.3, -0.25) is 10.1 Å². The van der Waals surface area contributed by atoms with Crippen molar-refractivity contribution in [2.45, 2.75) is 140 Å². The highest BCUT2D eigenvalue weighted by atomic mass is 32.2. The van der Waals surface area contributed by atoms with Crippen LogP contribution in [0.2, 0.25) is 0 Å². The van der Waals surface area contributed by atoms with Gasteiger partial charge in [-0.25, -0.2) is 4.98 Å².